The number of fused-ring (bicyclic) bond motifs is 4. The maximum atomic E-state index is 13.3. The molecule has 0 fully saturated rings. The summed E-state index contributed by atoms with van der Waals surface area (Å²) in [5.41, 5.74) is 5.44. The van der Waals surface area contributed by atoms with Crippen molar-refractivity contribution < 1.29 is 23.8 Å². The molecular weight excluding hydrogens is 420 g/mol. The van der Waals surface area contributed by atoms with E-state index in [1.54, 1.807) is 25.5 Å². The van der Waals surface area contributed by atoms with Gasteiger partial charge in [-0.25, -0.2) is 0 Å². The fourth-order valence-electron chi connectivity index (χ4n) is 5.29. The SMILES string of the molecule is COc1cc(C2=C(c3c4c(n5ccccc35)CCC(CO)C4)C(=O)NC2=O)c2occc2c1. The van der Waals surface area contributed by atoms with Crippen LogP contribution in [0.5, 0.6) is 5.75 Å². The van der Waals surface area contributed by atoms with Gasteiger partial charge in [0.05, 0.1) is 30.0 Å². The number of hydrogen-bond acceptors (Lipinski definition) is 5. The van der Waals surface area contributed by atoms with Crippen molar-refractivity contribution >= 4 is 39.4 Å². The fourth-order valence-corrected chi connectivity index (χ4v) is 5.29. The van der Waals surface area contributed by atoms with Crippen LogP contribution in [-0.2, 0) is 22.4 Å². The quantitative estimate of drug-likeness (QED) is 0.473. The minimum atomic E-state index is -0.459. The van der Waals surface area contributed by atoms with E-state index in [1.165, 1.54) is 0 Å². The molecule has 4 heterocycles. The number of imide groups is 1. The smallest absolute Gasteiger partial charge is 0.259 e. The summed E-state index contributed by atoms with van der Waals surface area (Å²) in [5, 5.41) is 13.1. The van der Waals surface area contributed by atoms with Crippen molar-refractivity contribution in [3.05, 3.63) is 71.2 Å². The normalized spacial score (nSPS) is 18.3. The summed E-state index contributed by atoms with van der Waals surface area (Å²) in [7, 11) is 1.56. The van der Waals surface area contributed by atoms with Gasteiger partial charge in [-0.1, -0.05) is 6.07 Å². The van der Waals surface area contributed by atoms with Crippen molar-refractivity contribution in [2.45, 2.75) is 19.3 Å². The lowest BCUT2D eigenvalue weighted by Crippen LogP contribution is -2.23. The number of furan rings is 1. The van der Waals surface area contributed by atoms with E-state index in [4.69, 9.17) is 9.15 Å². The second-order valence-corrected chi connectivity index (χ2v) is 8.59. The van der Waals surface area contributed by atoms with Crippen molar-refractivity contribution in [1.29, 1.82) is 0 Å². The van der Waals surface area contributed by atoms with E-state index in [9.17, 15) is 14.7 Å². The molecule has 2 aliphatic rings. The van der Waals surface area contributed by atoms with Gasteiger partial charge < -0.3 is 18.7 Å². The van der Waals surface area contributed by atoms with Gasteiger partial charge in [0.15, 0.2) is 0 Å². The molecule has 1 aliphatic heterocycles. The summed E-state index contributed by atoms with van der Waals surface area (Å²) in [6.45, 7) is 0.0883. The first-order valence-electron chi connectivity index (χ1n) is 11.0. The molecule has 2 amide bonds. The monoisotopic (exact) mass is 442 g/mol. The van der Waals surface area contributed by atoms with Crippen LogP contribution in [0, 0.1) is 5.92 Å². The molecule has 0 bridgehead atoms. The molecule has 2 N–H and O–H groups in total. The molecule has 3 aromatic heterocycles. The van der Waals surface area contributed by atoms with E-state index in [-0.39, 0.29) is 18.1 Å². The van der Waals surface area contributed by atoms with Crippen molar-refractivity contribution in [2.24, 2.45) is 5.92 Å². The van der Waals surface area contributed by atoms with E-state index in [0.717, 1.165) is 40.6 Å². The molecule has 1 aromatic carbocycles. The van der Waals surface area contributed by atoms with E-state index in [0.29, 0.717) is 28.9 Å². The second kappa shape index (κ2) is 7.35. The Balaban J connectivity index is 1.71. The number of nitrogens with zero attached hydrogens (tertiary/aromatic N) is 1. The van der Waals surface area contributed by atoms with Gasteiger partial charge in [-0.15, -0.1) is 0 Å². The van der Waals surface area contributed by atoms with Gasteiger partial charge in [0, 0.05) is 35.0 Å². The number of rotatable bonds is 4. The molecule has 1 aliphatic carbocycles. The maximum absolute atomic E-state index is 13.3. The zero-order valence-corrected chi connectivity index (χ0v) is 18.1. The van der Waals surface area contributed by atoms with Gasteiger partial charge in [-0.05, 0) is 61.1 Å². The molecule has 1 atom stereocenters. The van der Waals surface area contributed by atoms with E-state index >= 15 is 0 Å². The summed E-state index contributed by atoms with van der Waals surface area (Å²) in [6.07, 6.45) is 5.87. The lowest BCUT2D eigenvalue weighted by molar-refractivity contribution is -0.122. The lowest BCUT2D eigenvalue weighted by atomic mass is 9.83. The highest BCUT2D eigenvalue weighted by molar-refractivity contribution is 6.50. The summed E-state index contributed by atoms with van der Waals surface area (Å²) < 4.78 is 13.3. The van der Waals surface area contributed by atoms with Crippen LogP contribution in [0.1, 0.15) is 28.8 Å². The van der Waals surface area contributed by atoms with Gasteiger partial charge in [0.25, 0.3) is 11.8 Å². The van der Waals surface area contributed by atoms with Crippen molar-refractivity contribution in [1.82, 2.24) is 9.72 Å². The number of methoxy groups -OCH3 is 1. The molecule has 166 valence electrons. The average Bonchev–Trinajstić information content (AvgIpc) is 3.51. The third-order valence-electron chi connectivity index (χ3n) is 6.81. The number of amides is 2. The molecule has 7 heteroatoms. The highest BCUT2D eigenvalue weighted by atomic mass is 16.5. The minimum Gasteiger partial charge on any atom is -0.497 e. The number of hydrogen-bond donors (Lipinski definition) is 2. The molecule has 7 nitrogen and oxygen atoms in total. The Labute approximate surface area is 189 Å². The Bertz CT molecular complexity index is 1490. The van der Waals surface area contributed by atoms with Gasteiger partial charge >= 0.3 is 0 Å². The Kier molecular flexibility index (Phi) is 4.41. The van der Waals surface area contributed by atoms with Crippen LogP contribution in [0.15, 0.2) is 53.3 Å². The summed E-state index contributed by atoms with van der Waals surface area (Å²) in [5.74, 6) is -0.198. The number of aliphatic hydroxyl groups excluding tert-OH is 1. The molecular formula is C26H22N2O5. The van der Waals surface area contributed by atoms with E-state index in [1.807, 2.05) is 30.5 Å². The van der Waals surface area contributed by atoms with Crippen LogP contribution in [-0.4, -0.2) is 35.0 Å². The van der Waals surface area contributed by atoms with Gasteiger partial charge in [0.1, 0.15) is 11.3 Å². The zero-order valence-electron chi connectivity index (χ0n) is 18.1. The van der Waals surface area contributed by atoms with Crippen LogP contribution in [0.3, 0.4) is 0 Å². The molecule has 1 unspecified atom stereocenters. The number of carbonyl (C=O) groups excluding carboxylic acids is 2. The summed E-state index contributed by atoms with van der Waals surface area (Å²) in [6, 6.07) is 11.2. The second-order valence-electron chi connectivity index (χ2n) is 8.59. The summed E-state index contributed by atoms with van der Waals surface area (Å²) in [4.78, 5) is 26.4. The third-order valence-corrected chi connectivity index (χ3v) is 6.81. The first kappa shape index (κ1) is 19.8. The third kappa shape index (κ3) is 2.85. The zero-order chi connectivity index (χ0) is 22.7. The Hall–Kier alpha value is -3.84. The Morgan fingerprint density at radius 2 is 2.03 bits per heavy atom. The molecule has 0 saturated heterocycles. The number of carbonyl (C=O) groups is 2. The van der Waals surface area contributed by atoms with Crippen LogP contribution in [0.4, 0.5) is 0 Å². The number of benzene rings is 1. The van der Waals surface area contributed by atoms with Crippen LogP contribution >= 0.6 is 0 Å². The number of aliphatic hydroxyl groups is 1. The summed E-state index contributed by atoms with van der Waals surface area (Å²) >= 11 is 0. The first-order chi connectivity index (χ1) is 16.1. The molecule has 6 rings (SSSR count). The standard InChI is InChI=1S/C26H22N2O5/c1-32-16-11-15-7-9-33-24(15)18(12-16)22-23(26(31)27-25(22)30)21-17-10-14(13-29)5-6-19(17)28-8-3-2-4-20(21)28/h2-4,7-9,11-12,14,29H,5-6,10,13H2,1H3,(H,27,30,31). The molecule has 4 aromatic rings. The predicted molar refractivity (Wildman–Crippen MR) is 123 cm³/mol. The number of pyridine rings is 1. The topological polar surface area (TPSA) is 93.2 Å². The van der Waals surface area contributed by atoms with Gasteiger partial charge in [-0.3, -0.25) is 14.9 Å². The molecule has 0 radical (unpaired) electrons. The highest BCUT2D eigenvalue weighted by Crippen LogP contribution is 2.43. The average molecular weight is 442 g/mol. The Morgan fingerprint density at radius 1 is 1.18 bits per heavy atom. The van der Waals surface area contributed by atoms with Crippen molar-refractivity contribution in [3.63, 3.8) is 0 Å². The molecule has 33 heavy (non-hydrogen) atoms. The van der Waals surface area contributed by atoms with Crippen molar-refractivity contribution in [3.8, 4) is 5.75 Å². The number of nitrogens with one attached hydrogen (secondary N) is 1. The number of ether oxygens (including phenoxy) is 1. The lowest BCUT2D eigenvalue weighted by Gasteiger charge is -2.21. The van der Waals surface area contributed by atoms with Gasteiger partial charge in [0.2, 0.25) is 0 Å². The van der Waals surface area contributed by atoms with Gasteiger partial charge in [-0.2, -0.15) is 0 Å². The highest BCUT2D eigenvalue weighted by Gasteiger charge is 2.38. The van der Waals surface area contributed by atoms with E-state index in [2.05, 4.69) is 9.72 Å². The fraction of sp³-hybridized carbons (Fsp3) is 0.231. The van der Waals surface area contributed by atoms with Crippen molar-refractivity contribution in [2.75, 3.05) is 13.7 Å². The van der Waals surface area contributed by atoms with Crippen LogP contribution < -0.4 is 10.1 Å². The van der Waals surface area contributed by atoms with Crippen LogP contribution in [0.2, 0.25) is 0 Å². The van der Waals surface area contributed by atoms with Crippen LogP contribution in [0.25, 0.3) is 27.6 Å². The number of aryl methyl sites for hydroxylation is 1. The molecule has 0 saturated carbocycles. The largest absolute Gasteiger partial charge is 0.497 e. The Morgan fingerprint density at radius 3 is 2.85 bits per heavy atom. The predicted octanol–water partition coefficient (Wildman–Crippen LogP) is 3.36. The number of aromatic nitrogens is 1. The minimum absolute atomic E-state index is 0.0883. The maximum Gasteiger partial charge on any atom is 0.259 e. The first-order valence-corrected chi connectivity index (χ1v) is 11.0. The van der Waals surface area contributed by atoms with E-state index < -0.39 is 11.8 Å². The molecule has 0 spiro atoms.